The molecule has 2 aliphatic rings. The Labute approximate surface area is 167 Å². The van der Waals surface area contributed by atoms with Crippen LogP contribution in [0.1, 0.15) is 42.5 Å². The highest BCUT2D eigenvalue weighted by molar-refractivity contribution is 6.04. The lowest BCUT2D eigenvalue weighted by molar-refractivity contribution is -0.127. The van der Waals surface area contributed by atoms with Crippen molar-refractivity contribution in [3.05, 3.63) is 30.6 Å². The summed E-state index contributed by atoms with van der Waals surface area (Å²) in [7, 11) is 0. The predicted molar refractivity (Wildman–Crippen MR) is 104 cm³/mol. The molecule has 2 aromatic heterocycles. The molecule has 8 nitrogen and oxygen atoms in total. The Bertz CT molecular complexity index is 922. The average Bonchev–Trinajstić information content (AvgIpc) is 3.34. The van der Waals surface area contributed by atoms with Gasteiger partial charge in [-0.2, -0.15) is 0 Å². The molecule has 1 saturated carbocycles. The van der Waals surface area contributed by atoms with Crippen molar-refractivity contribution in [2.75, 3.05) is 13.1 Å². The molecule has 29 heavy (non-hydrogen) atoms. The number of amides is 2. The molecular formula is C20H24FN5O3. The Hall–Kier alpha value is -2.97. The third kappa shape index (κ3) is 4.08. The number of carbonyl (C=O) groups excluding carboxylic acids is 2. The minimum Gasteiger partial charge on any atom is -0.473 e. The number of H-pyrrole nitrogens is 1. The van der Waals surface area contributed by atoms with Gasteiger partial charge in [0.2, 0.25) is 11.8 Å². The van der Waals surface area contributed by atoms with Crippen LogP contribution in [0.15, 0.2) is 25.0 Å². The zero-order valence-electron chi connectivity index (χ0n) is 16.1. The van der Waals surface area contributed by atoms with E-state index in [-0.39, 0.29) is 17.9 Å². The molecule has 2 aromatic rings. The molecule has 2 amide bonds. The smallest absolute Gasteiger partial charge is 0.255 e. The number of alkyl halides is 1. The van der Waals surface area contributed by atoms with Crippen LogP contribution < -0.4 is 10.1 Å². The molecule has 4 rings (SSSR count). The van der Waals surface area contributed by atoms with Crippen molar-refractivity contribution in [1.29, 1.82) is 0 Å². The zero-order chi connectivity index (χ0) is 20.4. The monoisotopic (exact) mass is 401 g/mol. The van der Waals surface area contributed by atoms with Crippen molar-refractivity contribution in [3.63, 3.8) is 0 Å². The summed E-state index contributed by atoms with van der Waals surface area (Å²) in [4.78, 5) is 37.7. The van der Waals surface area contributed by atoms with Crippen molar-refractivity contribution < 1.29 is 18.7 Å². The van der Waals surface area contributed by atoms with E-state index in [0.29, 0.717) is 61.4 Å². The van der Waals surface area contributed by atoms with E-state index in [1.54, 1.807) is 4.90 Å². The molecule has 0 unspecified atom stereocenters. The molecule has 1 aliphatic carbocycles. The molecule has 3 heterocycles. The number of hydrogen-bond acceptors (Lipinski definition) is 5. The summed E-state index contributed by atoms with van der Waals surface area (Å²) >= 11 is 0. The highest BCUT2D eigenvalue weighted by Crippen LogP contribution is 2.24. The SMILES string of the molecule is C=CC(=O)N1CCC(Oc2cnc3[nH]cc(C(=O)N[C@@H]4CCC[C@H]4F)c3n2)CC1. The minimum absolute atomic E-state index is 0.0783. The van der Waals surface area contributed by atoms with Gasteiger partial charge >= 0.3 is 0 Å². The molecule has 154 valence electrons. The van der Waals surface area contributed by atoms with Gasteiger partial charge in [0.1, 0.15) is 17.8 Å². The molecule has 1 aliphatic heterocycles. The van der Waals surface area contributed by atoms with Crippen molar-refractivity contribution in [2.45, 2.75) is 50.4 Å². The Morgan fingerprint density at radius 1 is 1.31 bits per heavy atom. The molecule has 2 N–H and O–H groups in total. The van der Waals surface area contributed by atoms with Gasteiger partial charge in [0.15, 0.2) is 5.65 Å². The standard InChI is InChI=1S/C20H24FN5O3/c1-2-17(27)26-8-6-12(7-9-26)29-16-11-23-19-18(25-16)13(10-22-19)20(28)24-15-5-3-4-14(15)21/h2,10-12,14-15H,1,3-9H2,(H,22,23)(H,24,28)/t14-,15-/m1/s1. The summed E-state index contributed by atoms with van der Waals surface area (Å²) < 4.78 is 19.8. The topological polar surface area (TPSA) is 100 Å². The summed E-state index contributed by atoms with van der Waals surface area (Å²) in [5.41, 5.74) is 1.19. The normalized spacial score (nSPS) is 22.6. The van der Waals surface area contributed by atoms with Gasteiger partial charge in [-0.3, -0.25) is 9.59 Å². The number of aromatic nitrogens is 3. The first-order valence-corrected chi connectivity index (χ1v) is 9.92. The highest BCUT2D eigenvalue weighted by atomic mass is 19.1. The molecule has 2 fully saturated rings. The minimum atomic E-state index is -1.01. The summed E-state index contributed by atoms with van der Waals surface area (Å²) in [6.45, 7) is 4.69. The molecule has 2 atom stereocenters. The first-order chi connectivity index (χ1) is 14.0. The van der Waals surface area contributed by atoms with Gasteiger partial charge in [0.25, 0.3) is 5.91 Å². The van der Waals surface area contributed by atoms with Crippen LogP contribution in [0.2, 0.25) is 0 Å². The lowest BCUT2D eigenvalue weighted by Gasteiger charge is -2.31. The van der Waals surface area contributed by atoms with Crippen LogP contribution >= 0.6 is 0 Å². The fourth-order valence-electron chi connectivity index (χ4n) is 3.92. The number of likely N-dealkylation sites (tertiary alicyclic amines) is 1. The van der Waals surface area contributed by atoms with E-state index >= 15 is 0 Å². The average molecular weight is 401 g/mol. The quantitative estimate of drug-likeness (QED) is 0.748. The van der Waals surface area contributed by atoms with Gasteiger partial charge < -0.3 is 19.9 Å². The number of fused-ring (bicyclic) bond motifs is 1. The molecule has 0 radical (unpaired) electrons. The Morgan fingerprint density at radius 2 is 2.10 bits per heavy atom. The van der Waals surface area contributed by atoms with E-state index in [2.05, 4.69) is 26.8 Å². The fourth-order valence-corrected chi connectivity index (χ4v) is 3.92. The molecule has 0 bridgehead atoms. The van der Waals surface area contributed by atoms with E-state index < -0.39 is 12.2 Å². The molecular weight excluding hydrogens is 377 g/mol. The van der Waals surface area contributed by atoms with Crippen LogP contribution in [-0.4, -0.2) is 63.1 Å². The van der Waals surface area contributed by atoms with E-state index in [1.807, 2.05) is 0 Å². The first-order valence-electron chi connectivity index (χ1n) is 9.92. The number of aromatic amines is 1. The van der Waals surface area contributed by atoms with Gasteiger partial charge in [0, 0.05) is 32.1 Å². The largest absolute Gasteiger partial charge is 0.473 e. The van der Waals surface area contributed by atoms with E-state index in [9.17, 15) is 14.0 Å². The predicted octanol–water partition coefficient (Wildman–Crippen LogP) is 2.13. The Balaban J connectivity index is 1.44. The van der Waals surface area contributed by atoms with Crippen molar-refractivity contribution in [1.82, 2.24) is 25.2 Å². The Kier molecular flexibility index (Phi) is 5.46. The number of rotatable bonds is 5. The molecule has 1 saturated heterocycles. The lowest BCUT2D eigenvalue weighted by atomic mass is 10.1. The second kappa shape index (κ2) is 8.18. The van der Waals surface area contributed by atoms with Gasteiger partial charge in [-0.1, -0.05) is 6.58 Å². The fraction of sp³-hybridized carbons (Fsp3) is 0.500. The third-order valence-electron chi connectivity index (χ3n) is 5.57. The molecule has 9 heteroatoms. The zero-order valence-corrected chi connectivity index (χ0v) is 16.1. The maximum Gasteiger partial charge on any atom is 0.255 e. The number of nitrogens with zero attached hydrogens (tertiary/aromatic N) is 3. The first kappa shape index (κ1) is 19.4. The maximum atomic E-state index is 13.8. The van der Waals surface area contributed by atoms with E-state index in [0.717, 1.165) is 6.42 Å². The van der Waals surface area contributed by atoms with Gasteiger partial charge in [0.05, 0.1) is 17.8 Å². The van der Waals surface area contributed by atoms with Crippen LogP contribution in [0.3, 0.4) is 0 Å². The summed E-state index contributed by atoms with van der Waals surface area (Å²) in [5.74, 6) is -0.122. The van der Waals surface area contributed by atoms with Crippen LogP contribution in [-0.2, 0) is 4.79 Å². The van der Waals surface area contributed by atoms with Gasteiger partial charge in [-0.15, -0.1) is 0 Å². The van der Waals surface area contributed by atoms with Crippen LogP contribution in [0.5, 0.6) is 5.88 Å². The lowest BCUT2D eigenvalue weighted by Crippen LogP contribution is -2.41. The van der Waals surface area contributed by atoms with Gasteiger partial charge in [-0.25, -0.2) is 14.4 Å². The molecule has 0 spiro atoms. The van der Waals surface area contributed by atoms with Crippen molar-refractivity contribution in [2.24, 2.45) is 0 Å². The number of ether oxygens (including phenoxy) is 1. The van der Waals surface area contributed by atoms with E-state index in [4.69, 9.17) is 4.74 Å². The Morgan fingerprint density at radius 3 is 2.79 bits per heavy atom. The second-order valence-electron chi connectivity index (χ2n) is 7.48. The van der Waals surface area contributed by atoms with Crippen molar-refractivity contribution >= 4 is 23.0 Å². The second-order valence-corrected chi connectivity index (χ2v) is 7.48. The maximum absolute atomic E-state index is 13.8. The number of piperidine rings is 1. The highest BCUT2D eigenvalue weighted by Gasteiger charge is 2.29. The number of hydrogen-bond donors (Lipinski definition) is 2. The van der Waals surface area contributed by atoms with Crippen LogP contribution in [0, 0.1) is 0 Å². The summed E-state index contributed by atoms with van der Waals surface area (Å²) in [6.07, 6.45) is 6.52. The van der Waals surface area contributed by atoms with Crippen molar-refractivity contribution in [3.8, 4) is 5.88 Å². The number of halogens is 1. The third-order valence-corrected chi connectivity index (χ3v) is 5.57. The van der Waals surface area contributed by atoms with Gasteiger partial charge in [-0.05, 0) is 25.3 Å². The molecule has 0 aromatic carbocycles. The summed E-state index contributed by atoms with van der Waals surface area (Å²) in [5, 5.41) is 2.76. The van der Waals surface area contributed by atoms with E-state index in [1.165, 1.54) is 18.5 Å². The van der Waals surface area contributed by atoms with Crippen LogP contribution in [0.25, 0.3) is 11.2 Å². The number of carbonyl (C=O) groups is 2. The summed E-state index contributed by atoms with van der Waals surface area (Å²) in [6, 6.07) is -0.455. The number of nitrogens with one attached hydrogen (secondary N) is 2. The van der Waals surface area contributed by atoms with Crippen LogP contribution in [0.4, 0.5) is 4.39 Å².